The van der Waals surface area contributed by atoms with Crippen molar-refractivity contribution in [2.75, 3.05) is 5.73 Å². The van der Waals surface area contributed by atoms with E-state index < -0.39 is 0 Å². The summed E-state index contributed by atoms with van der Waals surface area (Å²) in [5, 5.41) is 0.645. The maximum absolute atomic E-state index is 12.8. The molecule has 0 bridgehead atoms. The first kappa shape index (κ1) is 10.8. The van der Waals surface area contributed by atoms with Crippen molar-refractivity contribution >= 4 is 17.6 Å². The van der Waals surface area contributed by atoms with Crippen LogP contribution in [0.3, 0.4) is 0 Å². The van der Waals surface area contributed by atoms with E-state index in [1.807, 2.05) is 0 Å². The van der Waals surface area contributed by atoms with Gasteiger partial charge in [0.1, 0.15) is 10.8 Å². The molecule has 2 aromatic heterocycles. The number of pyridine rings is 1. The Morgan fingerprint density at radius 3 is 2.81 bits per heavy atom. The van der Waals surface area contributed by atoms with Crippen LogP contribution in [0.2, 0.25) is 0 Å². The highest BCUT2D eigenvalue weighted by Gasteiger charge is 2.03. The highest BCUT2D eigenvalue weighted by atomic mass is 32.2. The Morgan fingerprint density at radius 1 is 1.25 bits per heavy atom. The zero-order valence-corrected chi connectivity index (χ0v) is 9.12. The molecular formula is C10H9FN4S. The molecule has 0 aromatic carbocycles. The maximum Gasteiger partial charge on any atom is 0.156 e. The number of hydrogen-bond acceptors (Lipinski definition) is 5. The van der Waals surface area contributed by atoms with E-state index >= 15 is 0 Å². The van der Waals surface area contributed by atoms with E-state index in [-0.39, 0.29) is 5.82 Å². The molecule has 6 heteroatoms. The lowest BCUT2D eigenvalue weighted by Gasteiger charge is -2.02. The maximum atomic E-state index is 12.8. The Hall–Kier alpha value is -1.69. The highest BCUT2D eigenvalue weighted by molar-refractivity contribution is 7.98. The van der Waals surface area contributed by atoms with Crippen LogP contribution in [0.4, 0.5) is 10.2 Å². The van der Waals surface area contributed by atoms with Crippen molar-refractivity contribution in [3.8, 4) is 0 Å². The highest BCUT2D eigenvalue weighted by Crippen LogP contribution is 2.23. The molecule has 0 aliphatic carbocycles. The molecule has 16 heavy (non-hydrogen) atoms. The van der Waals surface area contributed by atoms with Crippen LogP contribution in [-0.2, 0) is 5.75 Å². The van der Waals surface area contributed by atoms with Gasteiger partial charge in [0.15, 0.2) is 5.82 Å². The lowest BCUT2D eigenvalue weighted by atomic mass is 10.3. The van der Waals surface area contributed by atoms with Crippen LogP contribution in [0.15, 0.2) is 35.9 Å². The van der Waals surface area contributed by atoms with Crippen LogP contribution in [0, 0.1) is 5.82 Å². The topological polar surface area (TPSA) is 64.7 Å². The molecule has 2 N–H and O–H groups in total. The van der Waals surface area contributed by atoms with Crippen molar-refractivity contribution in [1.82, 2.24) is 15.0 Å². The van der Waals surface area contributed by atoms with Crippen molar-refractivity contribution in [2.45, 2.75) is 10.8 Å². The standard InChI is InChI=1S/C10H9FN4S/c11-8-3-7(4-13-5-8)6-16-10-9(12)14-1-2-15-10/h1-5H,6H2,(H2,12,14). The lowest BCUT2D eigenvalue weighted by Crippen LogP contribution is -1.95. The third-order valence-corrected chi connectivity index (χ3v) is 2.89. The first-order chi connectivity index (χ1) is 7.75. The van der Waals surface area contributed by atoms with Crippen molar-refractivity contribution < 1.29 is 4.39 Å². The number of halogens is 1. The molecule has 0 radical (unpaired) electrons. The van der Waals surface area contributed by atoms with Gasteiger partial charge in [-0.2, -0.15) is 0 Å². The molecule has 0 amide bonds. The monoisotopic (exact) mass is 236 g/mol. The fourth-order valence-corrected chi connectivity index (χ4v) is 1.93. The molecule has 4 nitrogen and oxygen atoms in total. The van der Waals surface area contributed by atoms with Gasteiger partial charge in [-0.3, -0.25) is 4.98 Å². The van der Waals surface area contributed by atoms with Gasteiger partial charge >= 0.3 is 0 Å². The van der Waals surface area contributed by atoms with Gasteiger partial charge in [-0.1, -0.05) is 11.8 Å². The zero-order valence-electron chi connectivity index (χ0n) is 8.30. The largest absolute Gasteiger partial charge is 0.381 e. The van der Waals surface area contributed by atoms with Crippen molar-refractivity contribution in [1.29, 1.82) is 0 Å². The molecule has 0 spiro atoms. The minimum absolute atomic E-state index is 0.342. The van der Waals surface area contributed by atoms with Gasteiger partial charge in [0.2, 0.25) is 0 Å². The second-order valence-electron chi connectivity index (χ2n) is 3.05. The third-order valence-electron chi connectivity index (χ3n) is 1.83. The summed E-state index contributed by atoms with van der Waals surface area (Å²) in [7, 11) is 0. The Morgan fingerprint density at radius 2 is 2.06 bits per heavy atom. The van der Waals surface area contributed by atoms with Crippen LogP contribution < -0.4 is 5.73 Å². The van der Waals surface area contributed by atoms with E-state index in [2.05, 4.69) is 15.0 Å². The van der Waals surface area contributed by atoms with Crippen LogP contribution in [-0.4, -0.2) is 15.0 Å². The third kappa shape index (κ3) is 2.66. The molecule has 0 aliphatic rings. The average molecular weight is 236 g/mol. The first-order valence-electron chi connectivity index (χ1n) is 4.54. The molecule has 2 heterocycles. The van der Waals surface area contributed by atoms with E-state index in [0.29, 0.717) is 16.6 Å². The van der Waals surface area contributed by atoms with Crippen LogP contribution in [0.1, 0.15) is 5.56 Å². The minimum Gasteiger partial charge on any atom is -0.381 e. The number of anilines is 1. The number of aromatic nitrogens is 3. The number of hydrogen-bond donors (Lipinski definition) is 1. The van der Waals surface area contributed by atoms with Crippen LogP contribution >= 0.6 is 11.8 Å². The Kier molecular flexibility index (Phi) is 3.31. The van der Waals surface area contributed by atoms with E-state index in [1.165, 1.54) is 30.2 Å². The smallest absolute Gasteiger partial charge is 0.156 e. The second-order valence-corrected chi connectivity index (χ2v) is 4.01. The fraction of sp³-hybridized carbons (Fsp3) is 0.100. The van der Waals surface area contributed by atoms with E-state index in [0.717, 1.165) is 5.56 Å². The number of nitrogen functional groups attached to an aromatic ring is 1. The molecule has 0 fully saturated rings. The first-order valence-corrected chi connectivity index (χ1v) is 5.53. The SMILES string of the molecule is Nc1nccnc1SCc1cncc(F)c1. The van der Waals surface area contributed by atoms with Gasteiger partial charge in [-0.05, 0) is 11.6 Å². The minimum atomic E-state index is -0.342. The molecule has 0 unspecified atom stereocenters. The van der Waals surface area contributed by atoms with Gasteiger partial charge in [0.25, 0.3) is 0 Å². The molecule has 0 saturated heterocycles. The number of thioether (sulfide) groups is 1. The predicted octanol–water partition coefficient (Wildman–Crippen LogP) is 1.89. The summed E-state index contributed by atoms with van der Waals surface area (Å²) >= 11 is 1.40. The van der Waals surface area contributed by atoms with Gasteiger partial charge in [-0.15, -0.1) is 0 Å². The summed E-state index contributed by atoms with van der Waals surface area (Å²) in [4.78, 5) is 11.8. The summed E-state index contributed by atoms with van der Waals surface area (Å²) in [6.07, 6.45) is 5.89. The summed E-state index contributed by atoms with van der Waals surface area (Å²) in [6.45, 7) is 0. The normalized spacial score (nSPS) is 10.3. The van der Waals surface area contributed by atoms with E-state index in [4.69, 9.17) is 5.73 Å². The van der Waals surface area contributed by atoms with Gasteiger partial charge in [0.05, 0.1) is 6.20 Å². The quantitative estimate of drug-likeness (QED) is 0.824. The summed E-state index contributed by atoms with van der Waals surface area (Å²) in [5.41, 5.74) is 6.42. The van der Waals surface area contributed by atoms with Gasteiger partial charge in [0, 0.05) is 24.3 Å². The molecule has 0 atom stereocenters. The number of nitrogens with two attached hydrogens (primary N) is 1. The van der Waals surface area contributed by atoms with E-state index in [9.17, 15) is 4.39 Å². The Balaban J connectivity index is 2.05. The number of rotatable bonds is 3. The summed E-state index contributed by atoms with van der Waals surface area (Å²) in [6, 6.07) is 1.44. The second kappa shape index (κ2) is 4.89. The average Bonchev–Trinajstić information content (AvgIpc) is 2.28. The molecule has 2 rings (SSSR count). The van der Waals surface area contributed by atoms with Gasteiger partial charge < -0.3 is 5.73 Å². The molecule has 0 saturated carbocycles. The van der Waals surface area contributed by atoms with Crippen molar-refractivity contribution in [3.63, 3.8) is 0 Å². The summed E-state index contributed by atoms with van der Waals surface area (Å²) < 4.78 is 12.8. The fourth-order valence-electron chi connectivity index (χ4n) is 1.13. The molecular weight excluding hydrogens is 227 g/mol. The molecule has 82 valence electrons. The predicted molar refractivity (Wildman–Crippen MR) is 60.2 cm³/mol. The Bertz CT molecular complexity index is 492. The van der Waals surface area contributed by atoms with Crippen LogP contribution in [0.5, 0.6) is 0 Å². The van der Waals surface area contributed by atoms with Crippen LogP contribution in [0.25, 0.3) is 0 Å². The van der Waals surface area contributed by atoms with E-state index in [1.54, 1.807) is 12.4 Å². The molecule has 0 aliphatic heterocycles. The molecule has 2 aromatic rings. The van der Waals surface area contributed by atoms with Crippen molar-refractivity contribution in [3.05, 3.63) is 42.2 Å². The lowest BCUT2D eigenvalue weighted by molar-refractivity contribution is 0.619. The zero-order chi connectivity index (χ0) is 11.4. The Labute approximate surface area is 96.1 Å². The van der Waals surface area contributed by atoms with Crippen molar-refractivity contribution in [2.24, 2.45) is 0 Å². The van der Waals surface area contributed by atoms with Gasteiger partial charge in [-0.25, -0.2) is 14.4 Å². The summed E-state index contributed by atoms with van der Waals surface area (Å²) in [5.74, 6) is 0.607. The number of nitrogens with zero attached hydrogens (tertiary/aromatic N) is 3.